The summed E-state index contributed by atoms with van der Waals surface area (Å²) in [5.41, 5.74) is 5.07. The number of para-hydroxylation sites is 1. The average Bonchev–Trinajstić information content (AvgIpc) is 2.54. The number of hydrogen-bond donors (Lipinski definition) is 2. The first kappa shape index (κ1) is 14.3. The molecule has 0 radical (unpaired) electrons. The minimum Gasteiger partial charge on any atom is -0.497 e. The van der Waals surface area contributed by atoms with Crippen LogP contribution in [-0.2, 0) is 13.0 Å². The van der Waals surface area contributed by atoms with Crippen LogP contribution in [0, 0.1) is 0 Å². The summed E-state index contributed by atoms with van der Waals surface area (Å²) in [5.74, 6) is 0.855. The Morgan fingerprint density at radius 2 is 2.19 bits per heavy atom. The third-order valence-electron chi connectivity index (χ3n) is 3.80. The molecule has 4 heteroatoms. The summed E-state index contributed by atoms with van der Waals surface area (Å²) in [4.78, 5) is 0. The molecule has 2 aromatic carbocycles. The lowest BCUT2D eigenvalue weighted by molar-refractivity contribution is 0.415. The van der Waals surface area contributed by atoms with Crippen molar-refractivity contribution in [3.05, 3.63) is 52.0 Å². The molecule has 1 aliphatic heterocycles. The van der Waals surface area contributed by atoms with E-state index in [1.165, 1.54) is 29.7 Å². The fourth-order valence-electron chi connectivity index (χ4n) is 2.69. The number of anilines is 2. The maximum atomic E-state index is 5.28. The number of aryl methyl sites for hydroxylation is 1. The molecule has 21 heavy (non-hydrogen) atoms. The van der Waals surface area contributed by atoms with Crippen LogP contribution >= 0.6 is 15.9 Å². The summed E-state index contributed by atoms with van der Waals surface area (Å²) < 4.78 is 6.32. The number of hydrogen-bond acceptors (Lipinski definition) is 3. The summed E-state index contributed by atoms with van der Waals surface area (Å²) >= 11 is 3.57. The van der Waals surface area contributed by atoms with Crippen LogP contribution in [0.2, 0.25) is 0 Å². The number of rotatable bonds is 4. The van der Waals surface area contributed by atoms with E-state index in [0.29, 0.717) is 0 Å². The molecular weight excluding hydrogens is 328 g/mol. The van der Waals surface area contributed by atoms with Crippen molar-refractivity contribution in [3.63, 3.8) is 0 Å². The predicted octanol–water partition coefficient (Wildman–Crippen LogP) is 4.43. The average molecular weight is 347 g/mol. The topological polar surface area (TPSA) is 33.3 Å². The molecule has 0 aliphatic carbocycles. The van der Waals surface area contributed by atoms with E-state index in [0.717, 1.165) is 29.0 Å². The quantitative estimate of drug-likeness (QED) is 0.859. The molecule has 0 aromatic heterocycles. The van der Waals surface area contributed by atoms with Gasteiger partial charge in [-0.15, -0.1) is 0 Å². The van der Waals surface area contributed by atoms with E-state index < -0.39 is 0 Å². The van der Waals surface area contributed by atoms with Gasteiger partial charge in [0.15, 0.2) is 0 Å². The maximum Gasteiger partial charge on any atom is 0.121 e. The minimum atomic E-state index is 0.794. The van der Waals surface area contributed by atoms with Gasteiger partial charge in [-0.05, 0) is 52.0 Å². The number of ether oxygens (including phenoxy) is 1. The zero-order chi connectivity index (χ0) is 14.7. The molecule has 0 saturated carbocycles. The van der Waals surface area contributed by atoms with Crippen LogP contribution in [0.15, 0.2) is 40.9 Å². The van der Waals surface area contributed by atoms with E-state index in [1.54, 1.807) is 7.11 Å². The highest BCUT2D eigenvalue weighted by atomic mass is 79.9. The number of nitrogens with one attached hydrogen (secondary N) is 2. The number of methoxy groups -OCH3 is 1. The van der Waals surface area contributed by atoms with E-state index in [2.05, 4.69) is 44.8 Å². The van der Waals surface area contributed by atoms with Crippen molar-refractivity contribution < 1.29 is 4.74 Å². The van der Waals surface area contributed by atoms with E-state index >= 15 is 0 Å². The Morgan fingerprint density at radius 3 is 3.05 bits per heavy atom. The lowest BCUT2D eigenvalue weighted by Crippen LogP contribution is -2.15. The fourth-order valence-corrected chi connectivity index (χ4v) is 3.07. The highest BCUT2D eigenvalue weighted by Gasteiger charge is 2.12. The molecule has 2 N–H and O–H groups in total. The smallest absolute Gasteiger partial charge is 0.121 e. The molecule has 0 unspecified atom stereocenters. The van der Waals surface area contributed by atoms with Crippen LogP contribution in [0.3, 0.4) is 0 Å². The van der Waals surface area contributed by atoms with Gasteiger partial charge in [-0.2, -0.15) is 0 Å². The van der Waals surface area contributed by atoms with Gasteiger partial charge in [0.25, 0.3) is 0 Å². The second-order valence-electron chi connectivity index (χ2n) is 5.18. The summed E-state index contributed by atoms with van der Waals surface area (Å²) in [5, 5.41) is 7.02. The van der Waals surface area contributed by atoms with Crippen molar-refractivity contribution in [2.75, 3.05) is 24.3 Å². The highest BCUT2D eigenvalue weighted by Crippen LogP contribution is 2.30. The minimum absolute atomic E-state index is 0.794. The van der Waals surface area contributed by atoms with Crippen LogP contribution < -0.4 is 15.4 Å². The van der Waals surface area contributed by atoms with Crippen molar-refractivity contribution in [2.45, 2.75) is 19.4 Å². The van der Waals surface area contributed by atoms with Gasteiger partial charge in [-0.25, -0.2) is 0 Å². The summed E-state index contributed by atoms with van der Waals surface area (Å²) in [6.07, 6.45) is 2.38. The molecule has 1 aliphatic rings. The molecular formula is C17H19BrN2O. The van der Waals surface area contributed by atoms with Crippen molar-refractivity contribution in [1.82, 2.24) is 0 Å². The largest absolute Gasteiger partial charge is 0.497 e. The first-order valence-electron chi connectivity index (χ1n) is 7.20. The molecule has 0 bridgehead atoms. The van der Waals surface area contributed by atoms with Crippen molar-refractivity contribution >= 4 is 27.3 Å². The summed E-state index contributed by atoms with van der Waals surface area (Å²) in [6.45, 7) is 1.86. The van der Waals surface area contributed by atoms with Gasteiger partial charge in [0.1, 0.15) is 5.75 Å². The van der Waals surface area contributed by atoms with Gasteiger partial charge in [-0.1, -0.05) is 18.2 Å². The maximum absolute atomic E-state index is 5.28. The normalized spacial score (nSPS) is 13.2. The van der Waals surface area contributed by atoms with Gasteiger partial charge in [0, 0.05) is 29.3 Å². The fraction of sp³-hybridized carbons (Fsp3) is 0.294. The monoisotopic (exact) mass is 346 g/mol. The second-order valence-corrected chi connectivity index (χ2v) is 6.04. The molecule has 0 amide bonds. The standard InChI is InChI=1S/C17H19BrN2O/c1-21-14-7-8-15(18)16(10-14)20-11-13-5-2-4-12-6-3-9-19-17(12)13/h2,4-5,7-8,10,19-20H,3,6,9,11H2,1H3. The van der Waals surface area contributed by atoms with Crippen LogP contribution in [-0.4, -0.2) is 13.7 Å². The second kappa shape index (κ2) is 6.39. The van der Waals surface area contributed by atoms with Crippen LogP contribution in [0.1, 0.15) is 17.5 Å². The Morgan fingerprint density at radius 1 is 1.29 bits per heavy atom. The predicted molar refractivity (Wildman–Crippen MR) is 91.3 cm³/mol. The number of benzene rings is 2. The molecule has 0 fully saturated rings. The molecule has 3 rings (SSSR count). The lowest BCUT2D eigenvalue weighted by atomic mass is 9.99. The highest BCUT2D eigenvalue weighted by molar-refractivity contribution is 9.10. The van der Waals surface area contributed by atoms with Crippen LogP contribution in [0.4, 0.5) is 11.4 Å². The van der Waals surface area contributed by atoms with Crippen LogP contribution in [0.25, 0.3) is 0 Å². The lowest BCUT2D eigenvalue weighted by Gasteiger charge is -2.22. The van der Waals surface area contributed by atoms with Gasteiger partial charge in [0.2, 0.25) is 0 Å². The SMILES string of the molecule is COc1ccc(Br)c(NCc2cccc3c2NCCC3)c1. The first-order chi connectivity index (χ1) is 10.3. The van der Waals surface area contributed by atoms with E-state index in [-0.39, 0.29) is 0 Å². The van der Waals surface area contributed by atoms with Crippen molar-refractivity contribution in [2.24, 2.45) is 0 Å². The molecule has 0 saturated heterocycles. The van der Waals surface area contributed by atoms with Gasteiger partial charge >= 0.3 is 0 Å². The molecule has 0 atom stereocenters. The third-order valence-corrected chi connectivity index (χ3v) is 4.50. The molecule has 0 spiro atoms. The molecule has 110 valence electrons. The van der Waals surface area contributed by atoms with Crippen molar-refractivity contribution in [1.29, 1.82) is 0 Å². The Hall–Kier alpha value is -1.68. The van der Waals surface area contributed by atoms with Gasteiger partial charge < -0.3 is 15.4 Å². The Bertz CT molecular complexity index is 643. The van der Waals surface area contributed by atoms with Crippen LogP contribution in [0.5, 0.6) is 5.75 Å². The summed E-state index contributed by atoms with van der Waals surface area (Å²) in [7, 11) is 1.69. The Kier molecular flexibility index (Phi) is 4.34. The number of fused-ring (bicyclic) bond motifs is 1. The first-order valence-corrected chi connectivity index (χ1v) is 7.99. The van der Waals surface area contributed by atoms with Gasteiger partial charge in [0.05, 0.1) is 12.8 Å². The Labute approximate surface area is 133 Å². The molecule has 3 nitrogen and oxygen atoms in total. The summed E-state index contributed by atoms with van der Waals surface area (Å²) in [6, 6.07) is 12.5. The van der Waals surface area contributed by atoms with E-state index in [1.807, 2.05) is 18.2 Å². The Balaban J connectivity index is 1.79. The zero-order valence-electron chi connectivity index (χ0n) is 12.1. The van der Waals surface area contributed by atoms with E-state index in [4.69, 9.17) is 4.74 Å². The molecule has 1 heterocycles. The number of halogens is 1. The van der Waals surface area contributed by atoms with Crippen molar-refractivity contribution in [3.8, 4) is 5.75 Å². The third kappa shape index (κ3) is 3.16. The molecule has 2 aromatic rings. The zero-order valence-corrected chi connectivity index (χ0v) is 13.7. The van der Waals surface area contributed by atoms with E-state index in [9.17, 15) is 0 Å². The van der Waals surface area contributed by atoms with Gasteiger partial charge in [-0.3, -0.25) is 0 Å².